The van der Waals surface area contributed by atoms with E-state index in [0.717, 1.165) is 18.4 Å². The highest BCUT2D eigenvalue weighted by Gasteiger charge is 2.77. The van der Waals surface area contributed by atoms with E-state index in [-0.39, 0.29) is 40.9 Å². The highest BCUT2D eigenvalue weighted by atomic mass is 32.2. The minimum atomic E-state index is -0.834. The van der Waals surface area contributed by atoms with E-state index < -0.39 is 34.2 Å². The summed E-state index contributed by atoms with van der Waals surface area (Å²) in [5.74, 6) is -1.59. The van der Waals surface area contributed by atoms with Gasteiger partial charge in [-0.2, -0.15) is 0 Å². The second-order valence-corrected chi connectivity index (χ2v) is 15.8. The Hall–Kier alpha value is -2.58. The fourth-order valence-corrected chi connectivity index (χ4v) is 10.6. The summed E-state index contributed by atoms with van der Waals surface area (Å²) < 4.78 is -0.784. The fraction of sp³-hybridized carbons (Fsp3) is 0.618. The van der Waals surface area contributed by atoms with Gasteiger partial charge in [0, 0.05) is 30.9 Å². The van der Waals surface area contributed by atoms with Gasteiger partial charge in [-0.05, 0) is 43.6 Å². The van der Waals surface area contributed by atoms with Crippen LogP contribution in [-0.2, 0) is 14.4 Å². The molecule has 3 heterocycles. The molecule has 3 saturated heterocycles. The average molecular weight is 596 g/mol. The van der Waals surface area contributed by atoms with Gasteiger partial charge in [0.15, 0.2) is 0 Å². The van der Waals surface area contributed by atoms with Crippen LogP contribution in [0.5, 0.6) is 0 Å². The second-order valence-electron chi connectivity index (χ2n) is 14.2. The van der Waals surface area contributed by atoms with Crippen molar-refractivity contribution in [3.63, 3.8) is 0 Å². The summed E-state index contributed by atoms with van der Waals surface area (Å²) in [6, 6.07) is 7.89. The van der Waals surface area contributed by atoms with Gasteiger partial charge < -0.3 is 19.8 Å². The van der Waals surface area contributed by atoms with Crippen LogP contribution in [0, 0.1) is 23.2 Å². The lowest BCUT2D eigenvalue weighted by Gasteiger charge is -2.47. The topological polar surface area (TPSA) is 81.2 Å². The van der Waals surface area contributed by atoms with E-state index in [2.05, 4.69) is 54.7 Å². The molecule has 42 heavy (non-hydrogen) atoms. The molecule has 3 amide bonds. The van der Waals surface area contributed by atoms with Gasteiger partial charge in [-0.15, -0.1) is 24.9 Å². The smallest absolute Gasteiger partial charge is 0.247 e. The van der Waals surface area contributed by atoms with Crippen LogP contribution in [0.15, 0.2) is 55.6 Å². The standard InChI is InChI=1S/C34H49N3O4S/c1-10-17-35(9)29(39)26-25-19-22(3)34(42-25)27(26)30(40)37(24(20-38)23-15-13-12-14-16-23)28(34)31(41)36(18-11-2)33(7,8)21-32(4,5)6/h10-16,22,24-28,38H,1-2,17-21H2,3-9H3/t22?,24-,25-,26+,27+,28?,34?/m1/s1. The molecule has 3 unspecified atom stereocenters. The Labute approximate surface area is 256 Å². The Morgan fingerprint density at radius 1 is 1.12 bits per heavy atom. The van der Waals surface area contributed by atoms with E-state index in [1.165, 1.54) is 0 Å². The van der Waals surface area contributed by atoms with Crippen LogP contribution in [0.25, 0.3) is 0 Å². The van der Waals surface area contributed by atoms with Gasteiger partial charge in [0.1, 0.15) is 6.04 Å². The third-order valence-corrected chi connectivity index (χ3v) is 11.5. The maximum Gasteiger partial charge on any atom is 0.247 e. The summed E-state index contributed by atoms with van der Waals surface area (Å²) >= 11 is 1.67. The molecule has 3 aliphatic heterocycles. The number of aliphatic hydroxyl groups is 1. The number of carbonyl (C=O) groups excluding carboxylic acids is 3. The van der Waals surface area contributed by atoms with E-state index in [1.54, 1.807) is 40.8 Å². The van der Waals surface area contributed by atoms with Crippen LogP contribution in [0.1, 0.15) is 66.0 Å². The first-order valence-corrected chi connectivity index (χ1v) is 16.0. The number of likely N-dealkylation sites (N-methyl/N-ethyl adjacent to an activating group) is 1. The number of rotatable bonds is 11. The van der Waals surface area contributed by atoms with E-state index in [1.807, 2.05) is 35.2 Å². The molecule has 1 spiro atoms. The average Bonchev–Trinajstić information content (AvgIpc) is 3.50. The number of hydrogen-bond acceptors (Lipinski definition) is 5. The highest BCUT2D eigenvalue weighted by Crippen LogP contribution is 2.69. The lowest BCUT2D eigenvalue weighted by molar-refractivity contribution is -0.149. The van der Waals surface area contributed by atoms with Crippen molar-refractivity contribution in [3.05, 3.63) is 61.2 Å². The zero-order valence-electron chi connectivity index (χ0n) is 26.4. The highest BCUT2D eigenvalue weighted by molar-refractivity contribution is 8.02. The Morgan fingerprint density at radius 2 is 1.74 bits per heavy atom. The van der Waals surface area contributed by atoms with Crippen LogP contribution in [0.4, 0.5) is 0 Å². The SMILES string of the molecule is C=CCN(C)C(=O)[C@@H]1[C@H]2C(=O)N([C@H](CO)c3ccccc3)C(C(=O)N(CC=C)C(C)(C)CC(C)(C)C)C23S[C@@H]1CC3C. The van der Waals surface area contributed by atoms with E-state index in [4.69, 9.17) is 0 Å². The molecule has 3 aliphatic rings. The first-order valence-electron chi connectivity index (χ1n) is 15.1. The number of amides is 3. The predicted molar refractivity (Wildman–Crippen MR) is 170 cm³/mol. The monoisotopic (exact) mass is 595 g/mol. The summed E-state index contributed by atoms with van der Waals surface area (Å²) in [5.41, 5.74) is 0.192. The number of nitrogens with zero attached hydrogens (tertiary/aromatic N) is 3. The molecule has 0 aromatic heterocycles. The minimum absolute atomic E-state index is 0.0283. The van der Waals surface area contributed by atoms with E-state index >= 15 is 4.79 Å². The van der Waals surface area contributed by atoms with Gasteiger partial charge in [0.05, 0.1) is 29.2 Å². The van der Waals surface area contributed by atoms with Gasteiger partial charge in [-0.25, -0.2) is 0 Å². The van der Waals surface area contributed by atoms with Crippen LogP contribution in [-0.4, -0.2) is 85.8 Å². The first-order chi connectivity index (χ1) is 19.7. The first kappa shape index (κ1) is 32.3. The van der Waals surface area contributed by atoms with Gasteiger partial charge in [0.2, 0.25) is 17.7 Å². The number of likely N-dealkylation sites (tertiary alicyclic amines) is 1. The molecule has 0 aliphatic carbocycles. The number of hydrogen-bond donors (Lipinski definition) is 1. The molecule has 1 N–H and O–H groups in total. The summed E-state index contributed by atoms with van der Waals surface area (Å²) in [4.78, 5) is 49.0. The van der Waals surface area contributed by atoms with Crippen LogP contribution < -0.4 is 0 Å². The molecule has 3 fully saturated rings. The fourth-order valence-electron chi connectivity index (χ4n) is 8.23. The number of thioether (sulfide) groups is 1. The van der Waals surface area contributed by atoms with Crippen molar-refractivity contribution in [1.82, 2.24) is 14.7 Å². The van der Waals surface area contributed by atoms with Crippen LogP contribution in [0.2, 0.25) is 0 Å². The van der Waals surface area contributed by atoms with Gasteiger partial charge in [-0.3, -0.25) is 14.4 Å². The largest absolute Gasteiger partial charge is 0.394 e. The zero-order chi connectivity index (χ0) is 31.2. The minimum Gasteiger partial charge on any atom is -0.394 e. The molecule has 7 atom stereocenters. The lowest BCUT2D eigenvalue weighted by atomic mass is 9.65. The zero-order valence-corrected chi connectivity index (χ0v) is 27.2. The molecule has 2 bridgehead atoms. The van der Waals surface area contributed by atoms with Gasteiger partial charge in [-0.1, -0.05) is 70.2 Å². The van der Waals surface area contributed by atoms with Crippen molar-refractivity contribution in [3.8, 4) is 0 Å². The predicted octanol–water partition coefficient (Wildman–Crippen LogP) is 4.93. The van der Waals surface area contributed by atoms with Crippen molar-refractivity contribution >= 4 is 29.5 Å². The molecular weight excluding hydrogens is 546 g/mol. The van der Waals surface area contributed by atoms with Crippen molar-refractivity contribution in [2.24, 2.45) is 23.2 Å². The Bertz CT molecular complexity index is 1210. The lowest BCUT2D eigenvalue weighted by Crippen LogP contribution is -2.62. The van der Waals surface area contributed by atoms with Gasteiger partial charge in [0.25, 0.3) is 0 Å². The molecule has 1 aromatic carbocycles. The number of carbonyl (C=O) groups is 3. The van der Waals surface area contributed by atoms with E-state index in [9.17, 15) is 14.7 Å². The Morgan fingerprint density at radius 3 is 2.29 bits per heavy atom. The molecule has 1 aromatic rings. The number of fused-ring (bicyclic) bond motifs is 1. The summed E-state index contributed by atoms with van der Waals surface area (Å²) in [5, 5.41) is 10.8. The maximum atomic E-state index is 15.1. The molecular formula is C34H49N3O4S. The number of benzene rings is 1. The molecule has 4 rings (SSSR count). The summed E-state index contributed by atoms with van der Waals surface area (Å²) in [7, 11) is 1.75. The molecule has 8 heteroatoms. The quantitative estimate of drug-likeness (QED) is 0.367. The molecule has 230 valence electrons. The van der Waals surface area contributed by atoms with Crippen molar-refractivity contribution < 1.29 is 19.5 Å². The van der Waals surface area contributed by atoms with Crippen LogP contribution in [0.3, 0.4) is 0 Å². The Kier molecular flexibility index (Phi) is 9.11. The number of aliphatic hydroxyl groups excluding tert-OH is 1. The maximum absolute atomic E-state index is 15.1. The van der Waals surface area contributed by atoms with Gasteiger partial charge >= 0.3 is 0 Å². The van der Waals surface area contributed by atoms with Crippen LogP contribution >= 0.6 is 11.8 Å². The van der Waals surface area contributed by atoms with Crippen molar-refractivity contribution in [2.75, 3.05) is 26.7 Å². The second kappa shape index (κ2) is 11.8. The third kappa shape index (κ3) is 5.34. The van der Waals surface area contributed by atoms with Crippen molar-refractivity contribution in [1.29, 1.82) is 0 Å². The van der Waals surface area contributed by atoms with Crippen molar-refractivity contribution in [2.45, 2.75) is 82.0 Å². The van der Waals surface area contributed by atoms with E-state index in [0.29, 0.717) is 13.1 Å². The molecule has 0 radical (unpaired) electrons. The molecule has 7 nitrogen and oxygen atoms in total. The summed E-state index contributed by atoms with van der Waals surface area (Å²) in [6.45, 7) is 20.9. The molecule has 0 saturated carbocycles. The normalized spacial score (nSPS) is 29.3. The summed E-state index contributed by atoms with van der Waals surface area (Å²) in [6.07, 6.45) is 4.94. The Balaban J connectivity index is 1.90. The third-order valence-electron chi connectivity index (χ3n) is 9.45.